The Morgan fingerprint density at radius 2 is 1.82 bits per heavy atom. The highest BCUT2D eigenvalue weighted by molar-refractivity contribution is 6.37. The Hall–Kier alpha value is -2.03. The largest absolute Gasteiger partial charge is 0.293 e. The molecule has 0 aliphatic heterocycles. The monoisotopic (exact) mass is 228 g/mol. The van der Waals surface area contributed by atoms with Crippen LogP contribution in [0.15, 0.2) is 40.8 Å². The SMILES string of the molecule is C=Cc1ccc(/C=N\C/N=C(\C)C(C)=O)cc1. The molecule has 0 bridgehead atoms. The molecule has 1 aromatic carbocycles. The Morgan fingerprint density at radius 1 is 1.24 bits per heavy atom. The van der Waals surface area contributed by atoms with Gasteiger partial charge >= 0.3 is 0 Å². The maximum absolute atomic E-state index is 10.9. The van der Waals surface area contributed by atoms with Crippen molar-refractivity contribution >= 4 is 23.8 Å². The molecule has 0 atom stereocenters. The molecule has 0 saturated carbocycles. The fraction of sp³-hybridized carbons (Fsp3) is 0.214. The number of benzene rings is 1. The van der Waals surface area contributed by atoms with Crippen LogP contribution in [0, 0.1) is 0 Å². The first-order valence-electron chi connectivity index (χ1n) is 5.38. The lowest BCUT2D eigenvalue weighted by atomic mass is 10.1. The summed E-state index contributed by atoms with van der Waals surface area (Å²) in [5.41, 5.74) is 2.59. The topological polar surface area (TPSA) is 41.8 Å². The van der Waals surface area contributed by atoms with Crippen LogP contribution in [0.1, 0.15) is 25.0 Å². The number of ketones is 1. The van der Waals surface area contributed by atoms with E-state index in [9.17, 15) is 4.79 Å². The summed E-state index contributed by atoms with van der Waals surface area (Å²) in [6.07, 6.45) is 3.53. The molecule has 3 heteroatoms. The van der Waals surface area contributed by atoms with Crippen LogP contribution in [0.3, 0.4) is 0 Å². The molecular weight excluding hydrogens is 212 g/mol. The van der Waals surface area contributed by atoms with E-state index >= 15 is 0 Å². The number of carbonyl (C=O) groups excluding carboxylic acids is 1. The van der Waals surface area contributed by atoms with Gasteiger partial charge in [0.1, 0.15) is 6.67 Å². The average molecular weight is 228 g/mol. The summed E-state index contributed by atoms with van der Waals surface area (Å²) in [5.74, 6) is -0.0180. The lowest BCUT2D eigenvalue weighted by Crippen LogP contribution is -2.04. The Morgan fingerprint density at radius 3 is 2.35 bits per heavy atom. The Balaban J connectivity index is 2.56. The first-order chi connectivity index (χ1) is 8.13. The van der Waals surface area contributed by atoms with Gasteiger partial charge in [-0.05, 0) is 18.1 Å². The number of hydrogen-bond donors (Lipinski definition) is 0. The van der Waals surface area contributed by atoms with Gasteiger partial charge < -0.3 is 0 Å². The Labute approximate surface area is 102 Å². The minimum absolute atomic E-state index is 0.0180. The predicted octanol–water partition coefficient (Wildman–Crippen LogP) is 2.76. The Kier molecular flexibility index (Phi) is 5.01. The quantitative estimate of drug-likeness (QED) is 0.714. The molecule has 0 amide bonds. The highest BCUT2D eigenvalue weighted by atomic mass is 16.1. The van der Waals surface area contributed by atoms with Crippen LogP contribution >= 0.6 is 0 Å². The van der Waals surface area contributed by atoms with Crippen molar-refractivity contribution in [3.05, 3.63) is 42.0 Å². The van der Waals surface area contributed by atoms with Crippen LogP contribution in [0.5, 0.6) is 0 Å². The minimum atomic E-state index is -0.0180. The molecule has 0 aromatic heterocycles. The third-order valence-corrected chi connectivity index (χ3v) is 2.31. The predicted molar refractivity (Wildman–Crippen MR) is 72.8 cm³/mol. The van der Waals surface area contributed by atoms with E-state index in [1.807, 2.05) is 24.3 Å². The maximum Gasteiger partial charge on any atom is 0.173 e. The average Bonchev–Trinajstić information content (AvgIpc) is 2.35. The molecule has 0 N–H and O–H groups in total. The van der Waals surface area contributed by atoms with Gasteiger partial charge in [-0.3, -0.25) is 14.8 Å². The molecule has 0 aliphatic carbocycles. The lowest BCUT2D eigenvalue weighted by Gasteiger charge is -1.95. The number of carbonyl (C=O) groups is 1. The molecule has 88 valence electrons. The highest BCUT2D eigenvalue weighted by Crippen LogP contribution is 2.03. The zero-order chi connectivity index (χ0) is 12.7. The zero-order valence-corrected chi connectivity index (χ0v) is 10.2. The van der Waals surface area contributed by atoms with E-state index in [4.69, 9.17) is 0 Å². The highest BCUT2D eigenvalue weighted by Gasteiger charge is 1.94. The van der Waals surface area contributed by atoms with Crippen molar-refractivity contribution in [1.29, 1.82) is 0 Å². The van der Waals surface area contributed by atoms with Crippen molar-refractivity contribution < 1.29 is 4.79 Å². The summed E-state index contributed by atoms with van der Waals surface area (Å²) >= 11 is 0. The number of nitrogens with zero attached hydrogens (tertiary/aromatic N) is 2. The second kappa shape index (κ2) is 6.53. The molecule has 0 heterocycles. The summed E-state index contributed by atoms with van der Waals surface area (Å²) in [6.45, 7) is 7.16. The van der Waals surface area contributed by atoms with E-state index in [0.29, 0.717) is 5.71 Å². The molecule has 1 aromatic rings. The van der Waals surface area contributed by atoms with E-state index in [-0.39, 0.29) is 12.5 Å². The van der Waals surface area contributed by atoms with Crippen LogP contribution in [0.2, 0.25) is 0 Å². The van der Waals surface area contributed by atoms with E-state index in [1.165, 1.54) is 6.92 Å². The molecule has 0 aliphatic rings. The second-order valence-corrected chi connectivity index (χ2v) is 3.62. The molecular formula is C14H16N2O. The van der Waals surface area contributed by atoms with E-state index in [1.54, 1.807) is 19.2 Å². The summed E-state index contributed by atoms with van der Waals surface area (Å²) < 4.78 is 0. The molecule has 0 fully saturated rings. The third kappa shape index (κ3) is 4.55. The minimum Gasteiger partial charge on any atom is -0.293 e. The molecule has 0 saturated heterocycles. The Bertz CT molecular complexity index is 456. The van der Waals surface area contributed by atoms with Crippen molar-refractivity contribution in [1.82, 2.24) is 0 Å². The van der Waals surface area contributed by atoms with Crippen molar-refractivity contribution in [3.8, 4) is 0 Å². The standard InChI is InChI=1S/C14H16N2O/c1-4-13-5-7-14(8-6-13)9-15-10-16-11(2)12(3)17/h4-9H,1,10H2,2-3H3/b15-9-,16-11+. The van der Waals surface area contributed by atoms with Gasteiger partial charge in [0.05, 0.1) is 5.71 Å². The molecule has 0 unspecified atom stereocenters. The third-order valence-electron chi connectivity index (χ3n) is 2.31. The van der Waals surface area contributed by atoms with Crippen LogP contribution in [-0.2, 0) is 4.79 Å². The first kappa shape index (κ1) is 13.0. The number of rotatable bonds is 5. The number of aliphatic imine (C=N–C) groups is 2. The summed E-state index contributed by atoms with van der Waals surface area (Å²) in [5, 5.41) is 0. The number of hydrogen-bond acceptors (Lipinski definition) is 3. The normalized spacial score (nSPS) is 11.8. The van der Waals surface area contributed by atoms with Crippen molar-refractivity contribution in [2.24, 2.45) is 9.98 Å². The van der Waals surface area contributed by atoms with E-state index in [2.05, 4.69) is 16.6 Å². The van der Waals surface area contributed by atoms with Crippen molar-refractivity contribution in [2.45, 2.75) is 13.8 Å². The molecule has 0 radical (unpaired) electrons. The van der Waals surface area contributed by atoms with Gasteiger partial charge in [0.15, 0.2) is 5.78 Å². The smallest absolute Gasteiger partial charge is 0.173 e. The zero-order valence-electron chi connectivity index (χ0n) is 10.2. The molecule has 0 spiro atoms. The van der Waals surface area contributed by atoms with Gasteiger partial charge in [-0.25, -0.2) is 0 Å². The van der Waals surface area contributed by atoms with Crippen LogP contribution in [0.4, 0.5) is 0 Å². The summed E-state index contributed by atoms with van der Waals surface area (Å²) in [4.78, 5) is 19.0. The van der Waals surface area contributed by atoms with Crippen molar-refractivity contribution in [3.63, 3.8) is 0 Å². The van der Waals surface area contributed by atoms with Crippen LogP contribution in [-0.4, -0.2) is 24.4 Å². The van der Waals surface area contributed by atoms with Gasteiger partial charge in [-0.2, -0.15) is 0 Å². The van der Waals surface area contributed by atoms with Crippen molar-refractivity contribution in [2.75, 3.05) is 6.67 Å². The van der Waals surface area contributed by atoms with Gasteiger partial charge in [0, 0.05) is 13.1 Å². The van der Waals surface area contributed by atoms with E-state index < -0.39 is 0 Å². The number of Topliss-reactive ketones (excluding diaryl/α,β-unsaturated/α-hetero) is 1. The molecule has 1 rings (SSSR count). The summed E-state index contributed by atoms with van der Waals surface area (Å²) in [6, 6.07) is 7.86. The molecule has 3 nitrogen and oxygen atoms in total. The summed E-state index contributed by atoms with van der Waals surface area (Å²) in [7, 11) is 0. The molecule has 17 heavy (non-hydrogen) atoms. The fourth-order valence-electron chi connectivity index (χ4n) is 1.12. The van der Waals surface area contributed by atoms with Gasteiger partial charge in [-0.1, -0.05) is 36.9 Å². The van der Waals surface area contributed by atoms with Gasteiger partial charge in [0.25, 0.3) is 0 Å². The lowest BCUT2D eigenvalue weighted by molar-refractivity contribution is -0.111. The van der Waals surface area contributed by atoms with Crippen LogP contribution in [0.25, 0.3) is 6.08 Å². The fourth-order valence-corrected chi connectivity index (χ4v) is 1.12. The van der Waals surface area contributed by atoms with Crippen LogP contribution < -0.4 is 0 Å². The van der Waals surface area contributed by atoms with Gasteiger partial charge in [0.2, 0.25) is 0 Å². The van der Waals surface area contributed by atoms with Gasteiger partial charge in [-0.15, -0.1) is 0 Å². The first-order valence-corrected chi connectivity index (χ1v) is 5.38. The second-order valence-electron chi connectivity index (χ2n) is 3.62. The van der Waals surface area contributed by atoms with E-state index in [0.717, 1.165) is 11.1 Å². The maximum atomic E-state index is 10.9.